The van der Waals surface area contributed by atoms with Crippen molar-refractivity contribution in [1.82, 2.24) is 4.98 Å². The van der Waals surface area contributed by atoms with E-state index in [2.05, 4.69) is 38.0 Å². The van der Waals surface area contributed by atoms with Crippen LogP contribution in [0.25, 0.3) is 0 Å². The van der Waals surface area contributed by atoms with E-state index in [1.165, 1.54) is 12.3 Å². The minimum atomic E-state index is -1.03. The van der Waals surface area contributed by atoms with Crippen LogP contribution in [0.2, 0.25) is 0 Å². The van der Waals surface area contributed by atoms with Gasteiger partial charge in [0.25, 0.3) is 0 Å². The van der Waals surface area contributed by atoms with Crippen molar-refractivity contribution in [3.05, 3.63) is 17.8 Å². The SMILES string of the molecule is CC(C)C(CNc1nccc(C(=O)O)c1N)C(C)C. The van der Waals surface area contributed by atoms with Gasteiger partial charge >= 0.3 is 5.97 Å². The molecular weight excluding hydrogens is 242 g/mol. The maximum atomic E-state index is 11.0. The number of carboxylic acids is 1. The van der Waals surface area contributed by atoms with Crippen molar-refractivity contribution in [3.63, 3.8) is 0 Å². The zero-order valence-electron chi connectivity index (χ0n) is 12.0. The Morgan fingerprint density at radius 1 is 1.37 bits per heavy atom. The number of hydrogen-bond donors (Lipinski definition) is 3. The number of nitrogen functional groups attached to an aromatic ring is 1. The third-order valence-corrected chi connectivity index (χ3v) is 3.44. The molecule has 0 aliphatic heterocycles. The highest BCUT2D eigenvalue weighted by Crippen LogP contribution is 2.24. The van der Waals surface area contributed by atoms with Gasteiger partial charge in [0.15, 0.2) is 0 Å². The molecule has 19 heavy (non-hydrogen) atoms. The molecule has 1 aromatic heterocycles. The van der Waals surface area contributed by atoms with Crippen molar-refractivity contribution in [2.75, 3.05) is 17.6 Å². The van der Waals surface area contributed by atoms with Crippen LogP contribution >= 0.6 is 0 Å². The fourth-order valence-corrected chi connectivity index (χ4v) is 2.26. The van der Waals surface area contributed by atoms with Gasteiger partial charge in [0, 0.05) is 12.7 Å². The van der Waals surface area contributed by atoms with Crippen molar-refractivity contribution in [2.24, 2.45) is 17.8 Å². The van der Waals surface area contributed by atoms with Crippen LogP contribution < -0.4 is 11.1 Å². The van der Waals surface area contributed by atoms with Gasteiger partial charge in [-0.25, -0.2) is 9.78 Å². The molecule has 0 atom stereocenters. The lowest BCUT2D eigenvalue weighted by molar-refractivity contribution is 0.0698. The summed E-state index contributed by atoms with van der Waals surface area (Å²) in [5.74, 6) is 0.973. The zero-order valence-corrected chi connectivity index (χ0v) is 12.0. The second-order valence-corrected chi connectivity index (χ2v) is 5.46. The highest BCUT2D eigenvalue weighted by atomic mass is 16.4. The molecule has 0 radical (unpaired) electrons. The lowest BCUT2D eigenvalue weighted by Crippen LogP contribution is -2.25. The van der Waals surface area contributed by atoms with Gasteiger partial charge in [0.1, 0.15) is 5.82 Å². The first-order chi connectivity index (χ1) is 8.84. The summed E-state index contributed by atoms with van der Waals surface area (Å²) in [6.45, 7) is 9.44. The molecule has 0 spiro atoms. The third kappa shape index (κ3) is 3.84. The summed E-state index contributed by atoms with van der Waals surface area (Å²) >= 11 is 0. The van der Waals surface area contributed by atoms with Gasteiger partial charge in [0.2, 0.25) is 0 Å². The fraction of sp³-hybridized carbons (Fsp3) is 0.571. The van der Waals surface area contributed by atoms with Crippen LogP contribution in [0.1, 0.15) is 38.1 Å². The summed E-state index contributed by atoms with van der Waals surface area (Å²) in [6, 6.07) is 1.41. The monoisotopic (exact) mass is 265 g/mol. The smallest absolute Gasteiger partial charge is 0.337 e. The molecule has 1 rings (SSSR count). The molecule has 5 nitrogen and oxygen atoms in total. The molecule has 0 fully saturated rings. The standard InChI is InChI=1S/C14H23N3O2/c1-8(2)11(9(3)4)7-17-13-12(15)10(14(18)19)5-6-16-13/h5-6,8-9,11H,7,15H2,1-4H3,(H,16,17)(H,18,19). The van der Waals surface area contributed by atoms with Gasteiger partial charge in [-0.15, -0.1) is 0 Å². The Labute approximate surface area is 114 Å². The van der Waals surface area contributed by atoms with Gasteiger partial charge in [-0.05, 0) is 23.8 Å². The summed E-state index contributed by atoms with van der Waals surface area (Å²) in [7, 11) is 0. The second kappa shape index (κ2) is 6.41. The lowest BCUT2D eigenvalue weighted by atomic mass is 9.85. The summed E-state index contributed by atoms with van der Waals surface area (Å²) < 4.78 is 0. The number of nitrogens with two attached hydrogens (primary N) is 1. The van der Waals surface area contributed by atoms with E-state index < -0.39 is 5.97 Å². The Morgan fingerprint density at radius 3 is 2.42 bits per heavy atom. The van der Waals surface area contributed by atoms with Gasteiger partial charge in [-0.2, -0.15) is 0 Å². The average Bonchev–Trinajstić information content (AvgIpc) is 2.30. The van der Waals surface area contributed by atoms with E-state index in [1.807, 2.05) is 0 Å². The van der Waals surface area contributed by atoms with E-state index in [0.717, 1.165) is 6.54 Å². The van der Waals surface area contributed by atoms with Crippen molar-refractivity contribution < 1.29 is 9.90 Å². The molecule has 0 aliphatic carbocycles. The maximum absolute atomic E-state index is 11.0. The van der Waals surface area contributed by atoms with Gasteiger partial charge in [-0.3, -0.25) is 0 Å². The number of aromatic nitrogens is 1. The molecule has 1 heterocycles. The van der Waals surface area contributed by atoms with Crippen molar-refractivity contribution >= 4 is 17.5 Å². The predicted octanol–water partition coefficient (Wildman–Crippen LogP) is 2.70. The highest BCUT2D eigenvalue weighted by Gasteiger charge is 2.18. The summed E-state index contributed by atoms with van der Waals surface area (Å²) in [5.41, 5.74) is 6.10. The van der Waals surface area contributed by atoms with E-state index >= 15 is 0 Å². The van der Waals surface area contributed by atoms with Crippen molar-refractivity contribution in [2.45, 2.75) is 27.7 Å². The maximum Gasteiger partial charge on any atom is 0.337 e. The molecule has 106 valence electrons. The number of nitrogens with zero attached hydrogens (tertiary/aromatic N) is 1. The van der Waals surface area contributed by atoms with Crippen LogP contribution in [-0.2, 0) is 0 Å². The molecule has 0 saturated heterocycles. The lowest BCUT2D eigenvalue weighted by Gasteiger charge is -2.25. The first-order valence-corrected chi connectivity index (χ1v) is 6.56. The number of pyridine rings is 1. The zero-order chi connectivity index (χ0) is 14.6. The first-order valence-electron chi connectivity index (χ1n) is 6.56. The quantitative estimate of drug-likeness (QED) is 0.736. The van der Waals surface area contributed by atoms with Gasteiger partial charge in [0.05, 0.1) is 11.3 Å². The Hall–Kier alpha value is -1.78. The molecule has 1 aromatic rings. The Balaban J connectivity index is 2.83. The van der Waals surface area contributed by atoms with Crippen molar-refractivity contribution in [1.29, 1.82) is 0 Å². The molecule has 0 amide bonds. The normalized spacial score (nSPS) is 11.3. The third-order valence-electron chi connectivity index (χ3n) is 3.44. The van der Waals surface area contributed by atoms with Crippen LogP contribution in [0, 0.1) is 17.8 Å². The Kier molecular flexibility index (Phi) is 5.15. The number of carbonyl (C=O) groups is 1. The summed E-state index contributed by atoms with van der Waals surface area (Å²) in [6.07, 6.45) is 1.46. The predicted molar refractivity (Wildman–Crippen MR) is 77.3 cm³/mol. The number of rotatable bonds is 6. The molecular formula is C14H23N3O2. The average molecular weight is 265 g/mol. The molecule has 0 aliphatic rings. The Morgan fingerprint density at radius 2 is 1.95 bits per heavy atom. The van der Waals surface area contributed by atoms with Crippen molar-refractivity contribution in [3.8, 4) is 0 Å². The molecule has 0 bridgehead atoms. The van der Waals surface area contributed by atoms with Crippen LogP contribution in [-0.4, -0.2) is 22.6 Å². The van der Waals surface area contributed by atoms with Gasteiger partial charge < -0.3 is 16.2 Å². The highest BCUT2D eigenvalue weighted by molar-refractivity contribution is 5.96. The van der Waals surface area contributed by atoms with Crippen LogP contribution in [0.15, 0.2) is 12.3 Å². The van der Waals surface area contributed by atoms with Gasteiger partial charge in [-0.1, -0.05) is 27.7 Å². The minimum Gasteiger partial charge on any atom is -0.478 e. The van der Waals surface area contributed by atoms with E-state index in [1.54, 1.807) is 0 Å². The number of nitrogens with one attached hydrogen (secondary N) is 1. The molecule has 4 N–H and O–H groups in total. The largest absolute Gasteiger partial charge is 0.478 e. The molecule has 5 heteroatoms. The molecule has 0 unspecified atom stereocenters. The number of anilines is 2. The summed E-state index contributed by atoms with van der Waals surface area (Å²) in [4.78, 5) is 15.1. The van der Waals surface area contributed by atoms with Crippen LogP contribution in [0.3, 0.4) is 0 Å². The number of aromatic carboxylic acids is 1. The van der Waals surface area contributed by atoms with E-state index in [0.29, 0.717) is 23.6 Å². The number of hydrogen-bond acceptors (Lipinski definition) is 4. The fourth-order valence-electron chi connectivity index (χ4n) is 2.26. The molecule has 0 saturated carbocycles. The first kappa shape index (κ1) is 15.3. The minimum absolute atomic E-state index is 0.0862. The Bertz CT molecular complexity index is 436. The topological polar surface area (TPSA) is 88.2 Å². The van der Waals surface area contributed by atoms with E-state index in [4.69, 9.17) is 10.8 Å². The molecule has 0 aromatic carbocycles. The van der Waals surface area contributed by atoms with Crippen LogP contribution in [0.5, 0.6) is 0 Å². The number of carboxylic acid groups (broad SMARTS) is 1. The summed E-state index contributed by atoms with van der Waals surface area (Å²) in [5, 5.41) is 12.2. The second-order valence-electron chi connectivity index (χ2n) is 5.46. The van der Waals surface area contributed by atoms with E-state index in [9.17, 15) is 4.79 Å². The van der Waals surface area contributed by atoms with Crippen LogP contribution in [0.4, 0.5) is 11.5 Å². The van der Waals surface area contributed by atoms with E-state index in [-0.39, 0.29) is 11.3 Å².